The Hall–Kier alpha value is -1.63. The van der Waals surface area contributed by atoms with Gasteiger partial charge in [0.05, 0.1) is 0 Å². The van der Waals surface area contributed by atoms with Gasteiger partial charge in [0.2, 0.25) is 5.95 Å². The van der Waals surface area contributed by atoms with Gasteiger partial charge in [-0.2, -0.15) is 9.97 Å². The lowest BCUT2D eigenvalue weighted by Crippen LogP contribution is -2.39. The number of thiocarbonyl (C=S) groups is 1. The van der Waals surface area contributed by atoms with Gasteiger partial charge in [0.25, 0.3) is 0 Å². The molecule has 0 radical (unpaired) electrons. The Morgan fingerprint density at radius 3 is 2.28 bits per heavy atom. The molecule has 2 N–H and O–H groups in total. The molecule has 1 aromatic rings. The Bertz CT molecular complexity index is 684. The minimum Gasteiger partial charge on any atom is -0.360 e. The lowest BCUT2D eigenvalue weighted by atomic mass is 9.96. The van der Waals surface area contributed by atoms with Crippen LogP contribution in [0.15, 0.2) is 6.07 Å². The summed E-state index contributed by atoms with van der Waals surface area (Å²) >= 11 is 5.61. The van der Waals surface area contributed by atoms with Crippen LogP contribution in [0.1, 0.15) is 71.1 Å². The molecule has 1 aliphatic carbocycles. The summed E-state index contributed by atoms with van der Waals surface area (Å²) in [7, 11) is 0. The van der Waals surface area contributed by atoms with Gasteiger partial charge in [-0.15, -0.1) is 0 Å². The van der Waals surface area contributed by atoms with E-state index in [1.807, 2.05) is 0 Å². The fourth-order valence-corrected chi connectivity index (χ4v) is 5.15. The number of aromatic nitrogens is 2. The SMILES string of the molecule is CC1CCCN(c2cc(N3CCCCC3)nc(NC(=S)NC3CCCCC3)n2)C1. The molecule has 0 spiro atoms. The van der Waals surface area contributed by atoms with Crippen molar-refractivity contribution < 1.29 is 0 Å². The van der Waals surface area contributed by atoms with E-state index in [-0.39, 0.29) is 0 Å². The quantitative estimate of drug-likeness (QED) is 0.709. The third-order valence-electron chi connectivity index (χ3n) is 6.53. The lowest BCUT2D eigenvalue weighted by molar-refractivity contribution is 0.414. The Kier molecular flexibility index (Phi) is 7.06. The normalized spacial score (nSPS) is 23.7. The summed E-state index contributed by atoms with van der Waals surface area (Å²) in [6, 6.07) is 2.67. The van der Waals surface area contributed by atoms with Crippen LogP contribution in [0.5, 0.6) is 0 Å². The van der Waals surface area contributed by atoms with Crippen molar-refractivity contribution in [2.45, 2.75) is 77.2 Å². The predicted molar refractivity (Wildman–Crippen MR) is 125 cm³/mol. The number of hydrogen-bond donors (Lipinski definition) is 2. The van der Waals surface area contributed by atoms with Gasteiger partial charge >= 0.3 is 0 Å². The zero-order valence-corrected chi connectivity index (χ0v) is 18.6. The molecule has 7 heteroatoms. The molecule has 4 rings (SSSR count). The summed E-state index contributed by atoms with van der Waals surface area (Å²) in [6.45, 7) is 6.64. The second kappa shape index (κ2) is 9.92. The monoisotopic (exact) mass is 416 g/mol. The van der Waals surface area contributed by atoms with Crippen molar-refractivity contribution >= 4 is 34.9 Å². The van der Waals surface area contributed by atoms with Crippen molar-refractivity contribution in [1.29, 1.82) is 0 Å². The highest BCUT2D eigenvalue weighted by Gasteiger charge is 2.22. The zero-order valence-electron chi connectivity index (χ0n) is 17.8. The fraction of sp³-hybridized carbons (Fsp3) is 0.773. The van der Waals surface area contributed by atoms with Crippen LogP contribution < -0.4 is 20.4 Å². The highest BCUT2D eigenvalue weighted by molar-refractivity contribution is 7.80. The summed E-state index contributed by atoms with van der Waals surface area (Å²) in [6.07, 6.45) is 12.7. The summed E-state index contributed by atoms with van der Waals surface area (Å²) in [5.74, 6) is 3.42. The van der Waals surface area contributed by atoms with Gasteiger partial charge in [-0.1, -0.05) is 26.2 Å². The van der Waals surface area contributed by atoms with Gasteiger partial charge in [0.1, 0.15) is 11.6 Å². The minimum absolute atomic E-state index is 0.483. The molecular weight excluding hydrogens is 380 g/mol. The van der Waals surface area contributed by atoms with Crippen LogP contribution >= 0.6 is 12.2 Å². The highest BCUT2D eigenvalue weighted by atomic mass is 32.1. The fourth-order valence-electron chi connectivity index (χ4n) is 4.89. The standard InChI is InChI=1S/C22H36N6S/c1-17-9-8-14-28(16-17)20-15-19(27-12-6-3-7-13-27)24-21(25-20)26-22(29)23-18-10-4-2-5-11-18/h15,17-18H,2-14,16H2,1H3,(H2,23,24,25,26,29). The maximum absolute atomic E-state index is 5.61. The molecule has 2 aliphatic heterocycles. The first kappa shape index (κ1) is 20.6. The average molecular weight is 417 g/mol. The summed E-state index contributed by atoms with van der Waals surface area (Å²) in [4.78, 5) is 14.6. The van der Waals surface area contributed by atoms with E-state index in [1.54, 1.807) is 0 Å². The molecule has 6 nitrogen and oxygen atoms in total. The van der Waals surface area contributed by atoms with E-state index in [1.165, 1.54) is 64.2 Å². The first-order valence-corrected chi connectivity index (χ1v) is 12.0. The maximum atomic E-state index is 5.61. The molecule has 2 saturated heterocycles. The maximum Gasteiger partial charge on any atom is 0.232 e. The second-order valence-corrected chi connectivity index (χ2v) is 9.49. The second-order valence-electron chi connectivity index (χ2n) is 9.08. The van der Waals surface area contributed by atoms with Crippen molar-refractivity contribution in [3.8, 4) is 0 Å². The lowest BCUT2D eigenvalue weighted by Gasteiger charge is -2.33. The molecule has 0 aromatic carbocycles. The summed E-state index contributed by atoms with van der Waals surface area (Å²) < 4.78 is 0. The van der Waals surface area contributed by atoms with Crippen molar-refractivity contribution in [1.82, 2.24) is 15.3 Å². The predicted octanol–water partition coefficient (Wildman–Crippen LogP) is 4.32. The molecule has 1 aromatic heterocycles. The molecule has 1 atom stereocenters. The van der Waals surface area contributed by atoms with E-state index in [9.17, 15) is 0 Å². The van der Waals surface area contributed by atoms with Gasteiger partial charge in [-0.25, -0.2) is 0 Å². The Balaban J connectivity index is 1.51. The van der Waals surface area contributed by atoms with Crippen LogP contribution in [0.25, 0.3) is 0 Å². The van der Waals surface area contributed by atoms with E-state index in [0.717, 1.165) is 37.8 Å². The Morgan fingerprint density at radius 1 is 0.897 bits per heavy atom. The van der Waals surface area contributed by atoms with Crippen LogP contribution in [0.3, 0.4) is 0 Å². The molecule has 0 amide bonds. The van der Waals surface area contributed by atoms with Crippen LogP contribution in [0, 0.1) is 5.92 Å². The zero-order chi connectivity index (χ0) is 20.1. The van der Waals surface area contributed by atoms with Gasteiger partial charge < -0.3 is 20.4 Å². The van der Waals surface area contributed by atoms with E-state index in [0.29, 0.717) is 23.0 Å². The average Bonchev–Trinajstić information content (AvgIpc) is 2.75. The van der Waals surface area contributed by atoms with Crippen LogP contribution in [-0.4, -0.2) is 47.3 Å². The molecule has 3 heterocycles. The van der Waals surface area contributed by atoms with Crippen molar-refractivity contribution in [3.63, 3.8) is 0 Å². The smallest absolute Gasteiger partial charge is 0.232 e. The number of hydrogen-bond acceptors (Lipinski definition) is 5. The summed E-state index contributed by atoms with van der Waals surface area (Å²) in [5.41, 5.74) is 0. The Morgan fingerprint density at radius 2 is 1.55 bits per heavy atom. The molecule has 3 fully saturated rings. The van der Waals surface area contributed by atoms with Gasteiger partial charge in [-0.3, -0.25) is 0 Å². The molecule has 160 valence electrons. The first-order chi connectivity index (χ1) is 14.2. The number of piperidine rings is 2. The minimum atomic E-state index is 0.483. The van der Waals surface area contributed by atoms with Gasteiger partial charge in [0.15, 0.2) is 5.11 Å². The van der Waals surface area contributed by atoms with Gasteiger partial charge in [0, 0.05) is 38.3 Å². The topological polar surface area (TPSA) is 56.3 Å². The molecule has 3 aliphatic rings. The van der Waals surface area contributed by atoms with Crippen LogP contribution in [-0.2, 0) is 0 Å². The van der Waals surface area contributed by atoms with E-state index in [2.05, 4.69) is 33.4 Å². The molecule has 1 unspecified atom stereocenters. The van der Waals surface area contributed by atoms with Crippen molar-refractivity contribution in [2.24, 2.45) is 5.92 Å². The molecular formula is C22H36N6S. The number of nitrogens with one attached hydrogen (secondary N) is 2. The number of rotatable bonds is 4. The van der Waals surface area contributed by atoms with Crippen LogP contribution in [0.2, 0.25) is 0 Å². The number of nitrogens with zero attached hydrogens (tertiary/aromatic N) is 4. The van der Waals surface area contributed by atoms with E-state index < -0.39 is 0 Å². The van der Waals surface area contributed by atoms with E-state index >= 15 is 0 Å². The molecule has 29 heavy (non-hydrogen) atoms. The first-order valence-electron chi connectivity index (χ1n) is 11.6. The van der Waals surface area contributed by atoms with Crippen molar-refractivity contribution in [2.75, 3.05) is 41.3 Å². The van der Waals surface area contributed by atoms with E-state index in [4.69, 9.17) is 22.2 Å². The summed E-state index contributed by atoms with van der Waals surface area (Å²) in [5, 5.41) is 7.45. The third-order valence-corrected chi connectivity index (χ3v) is 6.75. The Labute approximate surface area is 180 Å². The number of anilines is 3. The highest BCUT2D eigenvalue weighted by Crippen LogP contribution is 2.27. The molecule has 0 bridgehead atoms. The largest absolute Gasteiger partial charge is 0.360 e. The van der Waals surface area contributed by atoms with Gasteiger partial charge in [-0.05, 0) is 63.1 Å². The van der Waals surface area contributed by atoms with Crippen LogP contribution in [0.4, 0.5) is 17.6 Å². The molecule has 1 saturated carbocycles. The third kappa shape index (κ3) is 5.71. The van der Waals surface area contributed by atoms with Crippen molar-refractivity contribution in [3.05, 3.63) is 6.07 Å².